The highest BCUT2D eigenvalue weighted by molar-refractivity contribution is 6.11. The van der Waals surface area contributed by atoms with Crippen LogP contribution in [0.4, 0.5) is 4.79 Å². The molecule has 1 saturated heterocycles. The van der Waals surface area contributed by atoms with E-state index in [1.807, 2.05) is 24.3 Å². The van der Waals surface area contributed by atoms with Crippen LogP contribution >= 0.6 is 0 Å². The Kier molecular flexibility index (Phi) is 3.87. The molecule has 1 aliphatic heterocycles. The molecule has 2 aliphatic rings. The van der Waals surface area contributed by atoms with Gasteiger partial charge in [-0.05, 0) is 42.9 Å². The van der Waals surface area contributed by atoms with Crippen molar-refractivity contribution >= 4 is 17.7 Å². The van der Waals surface area contributed by atoms with E-state index in [0.29, 0.717) is 5.56 Å². The third-order valence-corrected chi connectivity index (χ3v) is 5.35. The first-order valence-corrected chi connectivity index (χ1v) is 8.84. The van der Waals surface area contributed by atoms with Gasteiger partial charge in [-0.1, -0.05) is 48.5 Å². The van der Waals surface area contributed by atoms with Gasteiger partial charge in [-0.15, -0.1) is 0 Å². The molecule has 1 fully saturated rings. The van der Waals surface area contributed by atoms with Crippen LogP contribution in [0.3, 0.4) is 0 Å². The molecular weight excluding hydrogens is 328 g/mol. The zero-order valence-corrected chi connectivity index (χ0v) is 14.6. The van der Waals surface area contributed by atoms with Crippen molar-refractivity contribution in [1.82, 2.24) is 10.2 Å². The number of benzene rings is 2. The molecule has 132 valence electrons. The van der Waals surface area contributed by atoms with Gasteiger partial charge in [-0.25, -0.2) is 4.79 Å². The molecule has 1 aliphatic carbocycles. The summed E-state index contributed by atoms with van der Waals surface area (Å²) in [6.07, 6.45) is 3.18. The van der Waals surface area contributed by atoms with Crippen LogP contribution in [0.5, 0.6) is 0 Å². The van der Waals surface area contributed by atoms with E-state index in [1.54, 1.807) is 31.2 Å². The van der Waals surface area contributed by atoms with E-state index < -0.39 is 11.6 Å². The Morgan fingerprint density at radius 1 is 1.08 bits per heavy atom. The van der Waals surface area contributed by atoms with Crippen LogP contribution in [0.25, 0.3) is 0 Å². The van der Waals surface area contributed by atoms with Gasteiger partial charge in [-0.2, -0.15) is 0 Å². The molecule has 26 heavy (non-hydrogen) atoms. The number of carbonyl (C=O) groups excluding carboxylic acids is 3. The Morgan fingerprint density at radius 3 is 2.58 bits per heavy atom. The molecule has 1 N–H and O–H groups in total. The number of amides is 3. The van der Waals surface area contributed by atoms with Crippen molar-refractivity contribution in [3.05, 3.63) is 70.8 Å². The van der Waals surface area contributed by atoms with Crippen molar-refractivity contribution in [3.63, 3.8) is 0 Å². The first kappa shape index (κ1) is 16.5. The molecule has 2 aromatic carbocycles. The molecule has 2 aromatic rings. The maximum Gasteiger partial charge on any atom is 0.325 e. The Morgan fingerprint density at radius 2 is 1.81 bits per heavy atom. The van der Waals surface area contributed by atoms with E-state index in [9.17, 15) is 14.4 Å². The van der Waals surface area contributed by atoms with E-state index in [4.69, 9.17) is 0 Å². The summed E-state index contributed by atoms with van der Waals surface area (Å²) in [7, 11) is 0. The first-order chi connectivity index (χ1) is 12.5. The lowest BCUT2D eigenvalue weighted by molar-refractivity contribution is -0.130. The second-order valence-corrected chi connectivity index (χ2v) is 7.07. The van der Waals surface area contributed by atoms with Gasteiger partial charge in [0.1, 0.15) is 5.54 Å². The molecule has 5 heteroatoms. The predicted octanol–water partition coefficient (Wildman–Crippen LogP) is 2.83. The second kappa shape index (κ2) is 6.09. The number of nitrogens with one attached hydrogen (secondary N) is 1. The molecular formula is C21H20N2O3. The average Bonchev–Trinajstić information content (AvgIpc) is 3.21. The van der Waals surface area contributed by atoms with Crippen molar-refractivity contribution in [3.8, 4) is 0 Å². The maximum absolute atomic E-state index is 13.0. The molecule has 0 spiro atoms. The fourth-order valence-electron chi connectivity index (χ4n) is 3.78. The number of carbonyl (C=O) groups is 3. The fourth-order valence-corrected chi connectivity index (χ4v) is 3.78. The Bertz CT molecular complexity index is 907. The molecule has 0 radical (unpaired) electrons. The van der Waals surface area contributed by atoms with Gasteiger partial charge in [0, 0.05) is 5.56 Å². The smallest absolute Gasteiger partial charge is 0.319 e. The molecule has 1 atom stereocenters. The first-order valence-electron chi connectivity index (χ1n) is 8.84. The van der Waals surface area contributed by atoms with Gasteiger partial charge in [0.05, 0.1) is 6.54 Å². The summed E-state index contributed by atoms with van der Waals surface area (Å²) in [5, 5.41) is 2.78. The fraction of sp³-hybridized carbons (Fsp3) is 0.286. The molecule has 0 saturated carbocycles. The zero-order chi connectivity index (χ0) is 18.3. The van der Waals surface area contributed by atoms with Crippen LogP contribution < -0.4 is 5.32 Å². The summed E-state index contributed by atoms with van der Waals surface area (Å²) in [4.78, 5) is 38.8. The molecule has 1 heterocycles. The summed E-state index contributed by atoms with van der Waals surface area (Å²) >= 11 is 0. The van der Waals surface area contributed by atoms with Crippen LogP contribution in [0.1, 0.15) is 40.4 Å². The highest BCUT2D eigenvalue weighted by atomic mass is 16.2. The Balaban J connectivity index is 1.59. The summed E-state index contributed by atoms with van der Waals surface area (Å²) in [6, 6.07) is 14.1. The molecule has 3 amide bonds. The molecule has 4 rings (SSSR count). The summed E-state index contributed by atoms with van der Waals surface area (Å²) in [5.74, 6) is -0.642. The Hall–Kier alpha value is -2.95. The van der Waals surface area contributed by atoms with Crippen molar-refractivity contribution in [2.45, 2.75) is 31.7 Å². The standard InChI is InChI=1S/C21H20N2O3/c1-21(17-11-10-14-8-5-9-16(14)12-17)19(25)23(20(26)22-21)13-18(24)15-6-3-2-4-7-15/h2-4,6-7,10-12H,5,8-9,13H2,1H3,(H,22,26)/t21-/m0/s1. The summed E-state index contributed by atoms with van der Waals surface area (Å²) in [5.41, 5.74) is 2.67. The number of hydrogen-bond acceptors (Lipinski definition) is 3. The van der Waals surface area contributed by atoms with Gasteiger partial charge in [-0.3, -0.25) is 14.5 Å². The minimum absolute atomic E-state index is 0.255. The third-order valence-electron chi connectivity index (χ3n) is 5.35. The van der Waals surface area contributed by atoms with Crippen LogP contribution in [0, 0.1) is 0 Å². The minimum Gasteiger partial charge on any atom is -0.319 e. The van der Waals surface area contributed by atoms with Gasteiger partial charge < -0.3 is 5.32 Å². The monoisotopic (exact) mass is 348 g/mol. The van der Waals surface area contributed by atoms with E-state index in [-0.39, 0.29) is 18.2 Å². The van der Waals surface area contributed by atoms with Crippen molar-refractivity contribution in [2.75, 3.05) is 6.54 Å². The zero-order valence-electron chi connectivity index (χ0n) is 14.6. The Labute approximate surface area is 152 Å². The van der Waals surface area contributed by atoms with Crippen LogP contribution in [-0.2, 0) is 23.2 Å². The number of hydrogen-bond donors (Lipinski definition) is 1. The number of nitrogens with zero attached hydrogens (tertiary/aromatic N) is 1. The van der Waals surface area contributed by atoms with Crippen molar-refractivity contribution in [1.29, 1.82) is 0 Å². The van der Waals surface area contributed by atoms with Gasteiger partial charge >= 0.3 is 6.03 Å². The summed E-state index contributed by atoms with van der Waals surface area (Å²) in [6.45, 7) is 1.45. The van der Waals surface area contributed by atoms with Crippen molar-refractivity contribution in [2.24, 2.45) is 0 Å². The normalized spacial score (nSPS) is 21.7. The largest absolute Gasteiger partial charge is 0.325 e. The van der Waals surface area contributed by atoms with Gasteiger partial charge in [0.25, 0.3) is 5.91 Å². The lowest BCUT2D eigenvalue weighted by Crippen LogP contribution is -2.41. The number of rotatable bonds is 4. The highest BCUT2D eigenvalue weighted by Gasteiger charge is 2.49. The van der Waals surface area contributed by atoms with Gasteiger partial charge in [0.2, 0.25) is 0 Å². The van der Waals surface area contributed by atoms with E-state index in [0.717, 1.165) is 29.7 Å². The molecule has 5 nitrogen and oxygen atoms in total. The highest BCUT2D eigenvalue weighted by Crippen LogP contribution is 2.32. The number of Topliss-reactive ketones (excluding diaryl/α,β-unsaturated/α-hetero) is 1. The van der Waals surface area contributed by atoms with Crippen molar-refractivity contribution < 1.29 is 14.4 Å². The molecule has 0 bridgehead atoms. The lowest BCUT2D eigenvalue weighted by Gasteiger charge is -2.23. The maximum atomic E-state index is 13.0. The number of urea groups is 1. The number of fused-ring (bicyclic) bond motifs is 1. The number of aryl methyl sites for hydroxylation is 2. The van der Waals surface area contributed by atoms with Crippen LogP contribution in [0.15, 0.2) is 48.5 Å². The number of ketones is 1. The topological polar surface area (TPSA) is 66.5 Å². The predicted molar refractivity (Wildman–Crippen MR) is 96.8 cm³/mol. The van der Waals surface area contributed by atoms with E-state index >= 15 is 0 Å². The summed E-state index contributed by atoms with van der Waals surface area (Å²) < 4.78 is 0. The number of imide groups is 1. The SMILES string of the molecule is C[C@@]1(c2ccc3c(c2)CCC3)NC(=O)N(CC(=O)c2ccccc2)C1=O. The minimum atomic E-state index is -1.13. The lowest BCUT2D eigenvalue weighted by atomic mass is 9.89. The average molecular weight is 348 g/mol. The van der Waals surface area contributed by atoms with Crippen LogP contribution in [-0.4, -0.2) is 29.2 Å². The van der Waals surface area contributed by atoms with E-state index in [1.165, 1.54) is 11.1 Å². The molecule has 0 unspecified atom stereocenters. The second-order valence-electron chi connectivity index (χ2n) is 7.07. The van der Waals surface area contributed by atoms with Crippen LogP contribution in [0.2, 0.25) is 0 Å². The van der Waals surface area contributed by atoms with E-state index in [2.05, 4.69) is 5.32 Å². The third kappa shape index (κ3) is 2.60. The molecule has 0 aromatic heterocycles. The van der Waals surface area contributed by atoms with Gasteiger partial charge in [0.15, 0.2) is 5.78 Å². The quantitative estimate of drug-likeness (QED) is 0.682.